The van der Waals surface area contributed by atoms with Crippen LogP contribution in [0.3, 0.4) is 0 Å². The zero-order valence-electron chi connectivity index (χ0n) is 17.6. The summed E-state index contributed by atoms with van der Waals surface area (Å²) in [4.78, 5) is 30.3. The number of amides is 1. The first-order valence-electron chi connectivity index (χ1n) is 10.5. The van der Waals surface area contributed by atoms with Gasteiger partial charge < -0.3 is 19.2 Å². The molecule has 2 aromatic carbocycles. The molecule has 168 valence electrons. The van der Waals surface area contributed by atoms with Gasteiger partial charge >= 0.3 is 0 Å². The summed E-state index contributed by atoms with van der Waals surface area (Å²) >= 11 is 1.21. The molecule has 0 spiro atoms. The Labute approximate surface area is 193 Å². The number of hydrogen-bond donors (Lipinski definition) is 1. The maximum atomic E-state index is 13.3. The maximum absolute atomic E-state index is 13.3. The highest BCUT2D eigenvalue weighted by Gasteiger charge is 2.24. The van der Waals surface area contributed by atoms with E-state index in [4.69, 9.17) is 13.9 Å². The summed E-state index contributed by atoms with van der Waals surface area (Å²) in [5.74, 6) is 1.92. The van der Waals surface area contributed by atoms with Gasteiger partial charge in [-0.25, -0.2) is 4.98 Å². The van der Waals surface area contributed by atoms with E-state index in [-0.39, 0.29) is 29.9 Å². The number of furan rings is 1. The molecule has 1 amide bonds. The van der Waals surface area contributed by atoms with E-state index in [9.17, 15) is 9.59 Å². The number of hydrogen-bond acceptors (Lipinski definition) is 7. The van der Waals surface area contributed by atoms with Crippen molar-refractivity contribution < 1.29 is 18.7 Å². The second-order valence-corrected chi connectivity index (χ2v) is 8.41. The molecule has 4 aromatic rings. The number of ether oxygens (including phenoxy) is 2. The number of rotatable bonds is 7. The summed E-state index contributed by atoms with van der Waals surface area (Å²) < 4.78 is 18.7. The molecule has 8 nitrogen and oxygen atoms in total. The van der Waals surface area contributed by atoms with Crippen LogP contribution in [0.2, 0.25) is 0 Å². The van der Waals surface area contributed by atoms with Crippen molar-refractivity contribution in [2.75, 3.05) is 12.4 Å². The Hall–Kier alpha value is -3.72. The lowest BCUT2D eigenvalue weighted by Gasteiger charge is -2.27. The molecule has 2 aromatic heterocycles. The predicted octanol–water partition coefficient (Wildman–Crippen LogP) is 3.24. The van der Waals surface area contributed by atoms with Crippen LogP contribution < -0.4 is 20.3 Å². The van der Waals surface area contributed by atoms with Crippen LogP contribution >= 0.6 is 11.8 Å². The number of benzene rings is 2. The first-order valence-corrected chi connectivity index (χ1v) is 11.5. The molecule has 1 N–H and O–H groups in total. The number of aromatic nitrogens is 2. The van der Waals surface area contributed by atoms with Crippen LogP contribution in [0, 0.1) is 0 Å². The van der Waals surface area contributed by atoms with Crippen molar-refractivity contribution in [3.8, 4) is 11.5 Å². The molecular weight excluding hydrogens is 442 g/mol. The fourth-order valence-electron chi connectivity index (χ4n) is 3.56. The highest BCUT2D eigenvalue weighted by molar-refractivity contribution is 7.99. The van der Waals surface area contributed by atoms with Gasteiger partial charge in [-0.3, -0.25) is 14.2 Å². The van der Waals surface area contributed by atoms with Crippen molar-refractivity contribution in [1.29, 1.82) is 0 Å². The standard InChI is InChI=1S/C24H21N3O5S/c28-22(25-12-16-6-5-11-30-16)15-33-24-26-19-8-2-1-7-18(19)23(29)27(24)13-17-14-31-20-9-3-4-10-21(20)32-17/h1-11,17H,12-15H2,(H,25,28)/t17-/m0/s1. The molecule has 3 heterocycles. The Kier molecular flexibility index (Phi) is 6.03. The molecule has 0 saturated heterocycles. The summed E-state index contributed by atoms with van der Waals surface area (Å²) in [7, 11) is 0. The van der Waals surface area contributed by atoms with Gasteiger partial charge in [0.15, 0.2) is 22.8 Å². The normalized spacial score (nSPS) is 14.8. The van der Waals surface area contributed by atoms with Crippen LogP contribution in [0.15, 0.2) is 81.3 Å². The highest BCUT2D eigenvalue weighted by Crippen LogP contribution is 2.31. The van der Waals surface area contributed by atoms with Gasteiger partial charge in [0.25, 0.3) is 5.56 Å². The van der Waals surface area contributed by atoms with Gasteiger partial charge in [-0.1, -0.05) is 36.0 Å². The van der Waals surface area contributed by atoms with E-state index in [1.807, 2.05) is 30.3 Å². The Morgan fingerprint density at radius 2 is 1.91 bits per heavy atom. The minimum Gasteiger partial charge on any atom is -0.486 e. The topological polar surface area (TPSA) is 95.6 Å². The number of nitrogens with one attached hydrogen (secondary N) is 1. The second kappa shape index (κ2) is 9.41. The summed E-state index contributed by atoms with van der Waals surface area (Å²) in [5, 5.41) is 3.77. The molecule has 9 heteroatoms. The fourth-order valence-corrected chi connectivity index (χ4v) is 4.39. The number of carbonyl (C=O) groups is 1. The zero-order chi connectivity index (χ0) is 22.6. The molecule has 5 rings (SSSR count). The van der Waals surface area contributed by atoms with Crippen LogP contribution in [0.4, 0.5) is 0 Å². The number of nitrogens with zero attached hydrogens (tertiary/aromatic N) is 2. The van der Waals surface area contributed by atoms with Crippen molar-refractivity contribution in [2.24, 2.45) is 0 Å². The highest BCUT2D eigenvalue weighted by atomic mass is 32.2. The van der Waals surface area contributed by atoms with E-state index in [0.29, 0.717) is 46.5 Å². The molecule has 0 saturated carbocycles. The van der Waals surface area contributed by atoms with Gasteiger partial charge in [0.2, 0.25) is 5.91 Å². The maximum Gasteiger partial charge on any atom is 0.262 e. The number of thioether (sulfide) groups is 1. The third-order valence-corrected chi connectivity index (χ3v) is 6.13. The number of fused-ring (bicyclic) bond motifs is 2. The molecule has 0 unspecified atom stereocenters. The van der Waals surface area contributed by atoms with E-state index in [2.05, 4.69) is 10.3 Å². The van der Waals surface area contributed by atoms with Crippen LogP contribution in [-0.2, 0) is 17.9 Å². The zero-order valence-corrected chi connectivity index (χ0v) is 18.4. The van der Waals surface area contributed by atoms with Gasteiger partial charge in [-0.05, 0) is 36.4 Å². The third kappa shape index (κ3) is 4.73. The number of para-hydroxylation sites is 3. The Morgan fingerprint density at radius 1 is 1.09 bits per heavy atom. The molecular formula is C24H21N3O5S. The largest absolute Gasteiger partial charge is 0.486 e. The summed E-state index contributed by atoms with van der Waals surface area (Å²) in [5.41, 5.74) is 0.407. The average molecular weight is 464 g/mol. The smallest absolute Gasteiger partial charge is 0.262 e. The van der Waals surface area contributed by atoms with E-state index < -0.39 is 0 Å². The molecule has 0 bridgehead atoms. The monoisotopic (exact) mass is 463 g/mol. The van der Waals surface area contributed by atoms with E-state index in [1.165, 1.54) is 11.8 Å². The summed E-state index contributed by atoms with van der Waals surface area (Å²) in [6, 6.07) is 18.2. The van der Waals surface area contributed by atoms with Crippen molar-refractivity contribution in [1.82, 2.24) is 14.9 Å². The number of carbonyl (C=O) groups excluding carboxylic acids is 1. The lowest BCUT2D eigenvalue weighted by atomic mass is 10.2. The van der Waals surface area contributed by atoms with Gasteiger partial charge in [0.1, 0.15) is 12.4 Å². The lowest BCUT2D eigenvalue weighted by Crippen LogP contribution is -2.37. The fraction of sp³-hybridized carbons (Fsp3) is 0.208. The van der Waals surface area contributed by atoms with E-state index >= 15 is 0 Å². The minimum atomic E-state index is -0.368. The molecule has 1 aliphatic rings. The summed E-state index contributed by atoms with van der Waals surface area (Å²) in [6.07, 6.45) is 1.19. The molecule has 1 atom stereocenters. The SMILES string of the molecule is O=C(CSc1nc2ccccc2c(=O)n1C[C@H]1COc2ccccc2O1)NCc1ccco1. The van der Waals surface area contributed by atoms with Gasteiger partial charge in [0, 0.05) is 0 Å². The summed E-state index contributed by atoms with van der Waals surface area (Å²) in [6.45, 7) is 0.863. The molecule has 0 fully saturated rings. The Morgan fingerprint density at radius 3 is 2.76 bits per heavy atom. The minimum absolute atomic E-state index is 0.107. The van der Waals surface area contributed by atoms with Crippen LogP contribution in [-0.4, -0.2) is 33.9 Å². The molecule has 33 heavy (non-hydrogen) atoms. The lowest BCUT2D eigenvalue weighted by molar-refractivity contribution is -0.118. The van der Waals surface area contributed by atoms with Gasteiger partial charge in [-0.15, -0.1) is 0 Å². The van der Waals surface area contributed by atoms with Gasteiger partial charge in [-0.2, -0.15) is 0 Å². The van der Waals surface area contributed by atoms with Crippen molar-refractivity contribution >= 4 is 28.6 Å². The molecule has 0 radical (unpaired) electrons. The van der Waals surface area contributed by atoms with Crippen LogP contribution in [0.1, 0.15) is 5.76 Å². The van der Waals surface area contributed by atoms with Crippen molar-refractivity contribution in [2.45, 2.75) is 24.3 Å². The molecule has 0 aliphatic carbocycles. The third-order valence-electron chi connectivity index (χ3n) is 5.15. The van der Waals surface area contributed by atoms with Gasteiger partial charge in [0.05, 0.1) is 36.0 Å². The van der Waals surface area contributed by atoms with Crippen molar-refractivity contribution in [3.63, 3.8) is 0 Å². The first kappa shape index (κ1) is 21.1. The average Bonchev–Trinajstić information content (AvgIpc) is 3.37. The quantitative estimate of drug-likeness (QED) is 0.332. The van der Waals surface area contributed by atoms with E-state index in [0.717, 1.165) is 0 Å². The van der Waals surface area contributed by atoms with E-state index in [1.54, 1.807) is 41.2 Å². The second-order valence-electron chi connectivity index (χ2n) is 7.47. The Bertz CT molecular complexity index is 1340. The molecule has 1 aliphatic heterocycles. The van der Waals surface area contributed by atoms with Crippen LogP contribution in [0.5, 0.6) is 11.5 Å². The Balaban J connectivity index is 1.36. The first-order chi connectivity index (χ1) is 16.2. The van der Waals surface area contributed by atoms with Crippen LogP contribution in [0.25, 0.3) is 10.9 Å². The predicted molar refractivity (Wildman–Crippen MR) is 124 cm³/mol. The van der Waals surface area contributed by atoms with Crippen molar-refractivity contribution in [3.05, 3.63) is 83.0 Å².